The van der Waals surface area contributed by atoms with Crippen LogP contribution in [-0.4, -0.2) is 48.0 Å². The predicted molar refractivity (Wildman–Crippen MR) is 82.5 cm³/mol. The van der Waals surface area contributed by atoms with E-state index in [-0.39, 0.29) is 18.6 Å². The van der Waals surface area contributed by atoms with Crippen LogP contribution in [0.15, 0.2) is 6.20 Å². The minimum Gasteiger partial charge on any atom is -0.486 e. The van der Waals surface area contributed by atoms with Gasteiger partial charge in [0.05, 0.1) is 12.8 Å². The molecule has 7 nitrogen and oxygen atoms in total. The Morgan fingerprint density at radius 3 is 2.86 bits per heavy atom. The molecule has 0 saturated carbocycles. The molecule has 0 aromatic carbocycles. The van der Waals surface area contributed by atoms with Gasteiger partial charge in [0.1, 0.15) is 6.61 Å². The van der Waals surface area contributed by atoms with Crippen LogP contribution in [0.3, 0.4) is 0 Å². The van der Waals surface area contributed by atoms with E-state index in [0.717, 1.165) is 19.3 Å². The van der Waals surface area contributed by atoms with Gasteiger partial charge >= 0.3 is 0 Å². The highest BCUT2D eigenvalue weighted by molar-refractivity contribution is 5.51. The van der Waals surface area contributed by atoms with Gasteiger partial charge in [-0.15, -0.1) is 0 Å². The Bertz CT molecular complexity index is 404. The van der Waals surface area contributed by atoms with Crippen LogP contribution in [0.25, 0.3) is 0 Å². The maximum Gasteiger partial charge on any atom is 0.222 e. The van der Waals surface area contributed by atoms with Crippen molar-refractivity contribution in [1.29, 1.82) is 0 Å². The molecule has 21 heavy (non-hydrogen) atoms. The number of methoxy groups -OCH3 is 1. The van der Waals surface area contributed by atoms with Gasteiger partial charge in [-0.1, -0.05) is 19.8 Å². The topological polar surface area (TPSA) is 103 Å². The minimum absolute atomic E-state index is 0.127. The number of aliphatic hydroxyl groups excluding tert-OH is 1. The van der Waals surface area contributed by atoms with Crippen molar-refractivity contribution in [3.8, 4) is 5.75 Å². The summed E-state index contributed by atoms with van der Waals surface area (Å²) in [6.45, 7) is 3.16. The number of nitrogens with one attached hydrogen (secondary N) is 1. The summed E-state index contributed by atoms with van der Waals surface area (Å²) in [4.78, 5) is 8.14. The second-order valence-electron chi connectivity index (χ2n) is 4.78. The second-order valence-corrected chi connectivity index (χ2v) is 4.78. The van der Waals surface area contributed by atoms with Crippen molar-refractivity contribution in [3.05, 3.63) is 6.20 Å². The maximum atomic E-state index is 9.17. The fourth-order valence-electron chi connectivity index (χ4n) is 1.92. The van der Waals surface area contributed by atoms with E-state index >= 15 is 0 Å². The van der Waals surface area contributed by atoms with E-state index in [0.29, 0.717) is 31.2 Å². The smallest absolute Gasteiger partial charge is 0.222 e. The van der Waals surface area contributed by atoms with Crippen LogP contribution < -0.4 is 15.8 Å². The van der Waals surface area contributed by atoms with Gasteiger partial charge in [0.15, 0.2) is 11.6 Å². The molecule has 0 fully saturated rings. The first-order chi connectivity index (χ1) is 10.2. The van der Waals surface area contributed by atoms with E-state index in [9.17, 15) is 0 Å². The van der Waals surface area contributed by atoms with Crippen LogP contribution in [-0.2, 0) is 4.74 Å². The predicted octanol–water partition coefficient (Wildman–Crippen LogP) is 1.44. The minimum atomic E-state index is 0.127. The summed E-state index contributed by atoms with van der Waals surface area (Å²) in [5, 5.41) is 12.5. The normalized spacial score (nSPS) is 12.1. The van der Waals surface area contributed by atoms with Gasteiger partial charge in [-0.3, -0.25) is 0 Å². The van der Waals surface area contributed by atoms with Crippen LogP contribution in [0.5, 0.6) is 5.75 Å². The lowest BCUT2D eigenvalue weighted by Crippen LogP contribution is -2.22. The molecule has 1 heterocycles. The zero-order valence-corrected chi connectivity index (χ0v) is 12.8. The molecule has 120 valence electrons. The Morgan fingerprint density at radius 2 is 2.19 bits per heavy atom. The Balaban J connectivity index is 2.74. The summed E-state index contributed by atoms with van der Waals surface area (Å²) in [6.07, 6.45) is 5.35. The van der Waals surface area contributed by atoms with E-state index in [1.54, 1.807) is 13.3 Å². The number of hydrogen-bond acceptors (Lipinski definition) is 7. The zero-order chi connectivity index (χ0) is 15.5. The maximum absolute atomic E-state index is 9.17. The first-order valence-electron chi connectivity index (χ1n) is 7.32. The first-order valence-corrected chi connectivity index (χ1v) is 7.32. The third-order valence-corrected chi connectivity index (χ3v) is 3.04. The van der Waals surface area contributed by atoms with Crippen molar-refractivity contribution in [2.24, 2.45) is 0 Å². The molecule has 1 rings (SSSR count). The van der Waals surface area contributed by atoms with Gasteiger partial charge in [0, 0.05) is 19.8 Å². The molecule has 0 bridgehead atoms. The molecular weight excluding hydrogens is 272 g/mol. The molecule has 0 aliphatic heterocycles. The number of unbranched alkanes of at least 4 members (excludes halogenated alkanes) is 1. The number of rotatable bonds is 11. The zero-order valence-electron chi connectivity index (χ0n) is 12.8. The first kappa shape index (κ1) is 17.5. The molecular formula is C14H26N4O3. The van der Waals surface area contributed by atoms with Crippen molar-refractivity contribution >= 4 is 11.8 Å². The van der Waals surface area contributed by atoms with Crippen LogP contribution in [0.2, 0.25) is 0 Å². The van der Waals surface area contributed by atoms with E-state index in [2.05, 4.69) is 22.2 Å². The third-order valence-electron chi connectivity index (χ3n) is 3.04. The van der Waals surface area contributed by atoms with Gasteiger partial charge < -0.3 is 25.6 Å². The number of aromatic nitrogens is 2. The number of aliphatic hydroxyl groups is 1. The fraction of sp³-hybridized carbons (Fsp3) is 0.714. The quantitative estimate of drug-likeness (QED) is 0.531. The molecule has 0 spiro atoms. The highest BCUT2D eigenvalue weighted by atomic mass is 16.5. The third kappa shape index (κ3) is 6.59. The molecule has 0 saturated heterocycles. The monoisotopic (exact) mass is 298 g/mol. The summed E-state index contributed by atoms with van der Waals surface area (Å²) >= 11 is 0. The molecule has 0 aliphatic rings. The number of ether oxygens (including phenoxy) is 2. The molecule has 0 radical (unpaired) electrons. The van der Waals surface area contributed by atoms with Gasteiger partial charge in [-0.25, -0.2) is 4.98 Å². The summed E-state index contributed by atoms with van der Waals surface area (Å²) in [5.41, 5.74) is 5.64. The van der Waals surface area contributed by atoms with Crippen LogP contribution in [0.1, 0.15) is 32.6 Å². The van der Waals surface area contributed by atoms with Crippen LogP contribution in [0.4, 0.5) is 11.8 Å². The van der Waals surface area contributed by atoms with Crippen molar-refractivity contribution in [2.75, 3.05) is 38.0 Å². The Morgan fingerprint density at radius 1 is 1.38 bits per heavy atom. The lowest BCUT2D eigenvalue weighted by Gasteiger charge is -2.20. The Kier molecular flexibility index (Phi) is 8.45. The number of nitrogens with two attached hydrogens (primary N) is 1. The molecule has 7 heteroatoms. The molecule has 0 unspecified atom stereocenters. The van der Waals surface area contributed by atoms with Gasteiger partial charge in [-0.2, -0.15) is 4.98 Å². The van der Waals surface area contributed by atoms with E-state index < -0.39 is 0 Å². The highest BCUT2D eigenvalue weighted by Gasteiger charge is 2.13. The van der Waals surface area contributed by atoms with Crippen molar-refractivity contribution in [3.63, 3.8) is 0 Å². The number of nitrogen functional groups attached to an aromatic ring is 1. The summed E-state index contributed by atoms with van der Waals surface area (Å²) in [5.74, 6) is 1.30. The Hall–Kier alpha value is -1.60. The standard InChI is InChI=1S/C14H26N4O3/c1-3-4-5-11(6-7-19)17-13-12(21-9-8-20-2)10-16-14(15)18-13/h10-11,19H,3-9H2,1-2H3,(H3,15,16,17,18)/t11-/m0/s1. The Labute approximate surface area is 125 Å². The lowest BCUT2D eigenvalue weighted by atomic mass is 10.1. The summed E-state index contributed by atoms with van der Waals surface area (Å²) in [7, 11) is 1.62. The molecule has 4 N–H and O–H groups in total. The fourth-order valence-corrected chi connectivity index (χ4v) is 1.92. The summed E-state index contributed by atoms with van der Waals surface area (Å²) in [6, 6.07) is 0.133. The van der Waals surface area contributed by atoms with Gasteiger partial charge in [-0.05, 0) is 12.8 Å². The number of hydrogen-bond donors (Lipinski definition) is 3. The summed E-state index contributed by atoms with van der Waals surface area (Å²) < 4.78 is 10.5. The number of nitrogens with zero attached hydrogens (tertiary/aromatic N) is 2. The largest absolute Gasteiger partial charge is 0.486 e. The molecule has 1 aromatic rings. The molecule has 0 amide bonds. The number of anilines is 2. The average molecular weight is 298 g/mol. The lowest BCUT2D eigenvalue weighted by molar-refractivity contribution is 0.146. The van der Waals surface area contributed by atoms with E-state index in [4.69, 9.17) is 20.3 Å². The van der Waals surface area contributed by atoms with Gasteiger partial charge in [0.25, 0.3) is 0 Å². The van der Waals surface area contributed by atoms with Crippen molar-refractivity contribution in [2.45, 2.75) is 38.6 Å². The molecule has 1 aromatic heterocycles. The van der Waals surface area contributed by atoms with Crippen LogP contribution in [0, 0.1) is 0 Å². The molecule has 1 atom stereocenters. The van der Waals surface area contributed by atoms with E-state index in [1.807, 2.05) is 0 Å². The SMILES string of the molecule is CCCC[C@@H](CCO)Nc1nc(N)ncc1OCCOC. The average Bonchev–Trinajstić information content (AvgIpc) is 2.47. The van der Waals surface area contributed by atoms with Crippen molar-refractivity contribution in [1.82, 2.24) is 9.97 Å². The van der Waals surface area contributed by atoms with Crippen molar-refractivity contribution < 1.29 is 14.6 Å². The van der Waals surface area contributed by atoms with Gasteiger partial charge in [0.2, 0.25) is 5.95 Å². The van der Waals surface area contributed by atoms with E-state index in [1.165, 1.54) is 0 Å². The second kappa shape index (κ2) is 10.2. The molecule has 0 aliphatic carbocycles. The van der Waals surface area contributed by atoms with Crippen LogP contribution >= 0.6 is 0 Å². The highest BCUT2D eigenvalue weighted by Crippen LogP contribution is 2.24.